The minimum Gasteiger partial charge on any atom is -0.481 e. The van der Waals surface area contributed by atoms with E-state index in [-0.39, 0.29) is 30.7 Å². The summed E-state index contributed by atoms with van der Waals surface area (Å²) < 4.78 is 0. The Morgan fingerprint density at radius 2 is 1.96 bits per heavy atom. The number of benzene rings is 1. The van der Waals surface area contributed by atoms with E-state index < -0.39 is 17.4 Å². The van der Waals surface area contributed by atoms with Gasteiger partial charge < -0.3 is 15.3 Å². The van der Waals surface area contributed by atoms with Crippen LogP contribution in [0.25, 0.3) is 0 Å². The number of nitrogens with one attached hydrogen (secondary N) is 2. The first-order valence-electron chi connectivity index (χ1n) is 9.07. The maximum absolute atomic E-state index is 12.0. The van der Waals surface area contributed by atoms with Gasteiger partial charge in [-0.3, -0.25) is 14.9 Å². The zero-order valence-corrected chi connectivity index (χ0v) is 16.0. The van der Waals surface area contributed by atoms with Crippen LogP contribution in [0.2, 0.25) is 0 Å². The van der Waals surface area contributed by atoms with Crippen LogP contribution in [-0.2, 0) is 16.1 Å². The fourth-order valence-corrected chi connectivity index (χ4v) is 4.18. The smallest absolute Gasteiger partial charge is 0.321 e. The maximum atomic E-state index is 12.0. The van der Waals surface area contributed by atoms with Crippen molar-refractivity contribution in [2.45, 2.75) is 32.2 Å². The molecule has 0 aromatic heterocycles. The highest BCUT2D eigenvalue weighted by Crippen LogP contribution is 2.48. The lowest BCUT2D eigenvalue weighted by molar-refractivity contribution is -0.149. The molecular weight excluding hydrogens is 370 g/mol. The van der Waals surface area contributed by atoms with Crippen molar-refractivity contribution in [3.8, 4) is 0 Å². The van der Waals surface area contributed by atoms with E-state index in [0.717, 1.165) is 31.4 Å². The van der Waals surface area contributed by atoms with E-state index >= 15 is 0 Å². The number of carboxylic acid groups (broad SMARTS) is 1. The third kappa shape index (κ3) is 4.99. The molecule has 2 aliphatic rings. The van der Waals surface area contributed by atoms with Crippen molar-refractivity contribution < 1.29 is 19.5 Å². The van der Waals surface area contributed by atoms with E-state index in [2.05, 4.69) is 10.6 Å². The van der Waals surface area contributed by atoms with Crippen LogP contribution in [-0.4, -0.2) is 47.5 Å². The SMILES string of the molecule is Cl.O=C(CCN1C[C@@H]2CCC[C@@]2(C(=O)O)C1)NC(=O)NCc1ccccc1. The summed E-state index contributed by atoms with van der Waals surface area (Å²) in [5, 5.41) is 14.6. The summed E-state index contributed by atoms with van der Waals surface area (Å²) in [5.74, 6) is -0.888. The summed E-state index contributed by atoms with van der Waals surface area (Å²) >= 11 is 0. The Morgan fingerprint density at radius 1 is 1.22 bits per heavy atom. The molecule has 3 amide bonds. The average Bonchev–Trinajstić information content (AvgIpc) is 3.17. The van der Waals surface area contributed by atoms with Crippen LogP contribution in [0.4, 0.5) is 4.79 Å². The Labute approximate surface area is 164 Å². The molecule has 3 N–H and O–H groups in total. The Bertz CT molecular complexity index is 685. The van der Waals surface area contributed by atoms with Crippen molar-refractivity contribution in [1.82, 2.24) is 15.5 Å². The molecule has 3 rings (SSSR count). The predicted molar refractivity (Wildman–Crippen MR) is 103 cm³/mol. The summed E-state index contributed by atoms with van der Waals surface area (Å²) in [4.78, 5) is 37.5. The van der Waals surface area contributed by atoms with Gasteiger partial charge >= 0.3 is 12.0 Å². The van der Waals surface area contributed by atoms with Gasteiger partial charge in [0.2, 0.25) is 5.91 Å². The normalized spacial score (nSPS) is 23.9. The maximum Gasteiger partial charge on any atom is 0.321 e. The van der Waals surface area contributed by atoms with Gasteiger partial charge in [-0.25, -0.2) is 4.79 Å². The fraction of sp³-hybridized carbons (Fsp3) is 0.526. The summed E-state index contributed by atoms with van der Waals surface area (Å²) in [6, 6.07) is 8.94. The van der Waals surface area contributed by atoms with Crippen molar-refractivity contribution in [1.29, 1.82) is 0 Å². The molecule has 1 aliphatic carbocycles. The lowest BCUT2D eigenvalue weighted by atomic mass is 9.81. The van der Waals surface area contributed by atoms with Crippen LogP contribution < -0.4 is 10.6 Å². The first-order valence-corrected chi connectivity index (χ1v) is 9.07. The summed E-state index contributed by atoms with van der Waals surface area (Å²) in [6.07, 6.45) is 2.81. The molecule has 1 aromatic rings. The molecule has 1 aromatic carbocycles. The third-order valence-electron chi connectivity index (χ3n) is 5.57. The van der Waals surface area contributed by atoms with Gasteiger partial charge in [0.15, 0.2) is 0 Å². The highest BCUT2D eigenvalue weighted by Gasteiger charge is 2.54. The third-order valence-corrected chi connectivity index (χ3v) is 5.57. The average molecular weight is 396 g/mol. The fourth-order valence-electron chi connectivity index (χ4n) is 4.18. The highest BCUT2D eigenvalue weighted by molar-refractivity contribution is 5.94. The molecule has 1 saturated heterocycles. The van der Waals surface area contributed by atoms with Gasteiger partial charge in [-0.05, 0) is 24.3 Å². The lowest BCUT2D eigenvalue weighted by Gasteiger charge is -2.23. The van der Waals surface area contributed by atoms with E-state index in [9.17, 15) is 19.5 Å². The molecule has 1 saturated carbocycles. The van der Waals surface area contributed by atoms with Gasteiger partial charge in [0.05, 0.1) is 5.41 Å². The Kier molecular flexibility index (Phi) is 7.21. The molecule has 7 nitrogen and oxygen atoms in total. The number of aliphatic carboxylic acids is 1. The first kappa shape index (κ1) is 21.2. The van der Waals surface area contributed by atoms with E-state index in [1.807, 2.05) is 35.2 Å². The second-order valence-corrected chi connectivity index (χ2v) is 7.25. The Balaban J connectivity index is 0.00000261. The molecule has 0 bridgehead atoms. The van der Waals surface area contributed by atoms with Gasteiger partial charge in [0, 0.05) is 32.6 Å². The van der Waals surface area contributed by atoms with Crippen molar-refractivity contribution in [2.24, 2.45) is 11.3 Å². The van der Waals surface area contributed by atoms with Crippen molar-refractivity contribution in [3.05, 3.63) is 35.9 Å². The van der Waals surface area contributed by atoms with Gasteiger partial charge in [-0.15, -0.1) is 12.4 Å². The number of imide groups is 1. The van der Waals surface area contributed by atoms with E-state index in [0.29, 0.717) is 19.6 Å². The second-order valence-electron chi connectivity index (χ2n) is 7.25. The zero-order chi connectivity index (χ0) is 18.6. The van der Waals surface area contributed by atoms with Crippen molar-refractivity contribution in [3.63, 3.8) is 0 Å². The minimum atomic E-state index is -0.716. The van der Waals surface area contributed by atoms with Gasteiger partial charge in [-0.2, -0.15) is 0 Å². The van der Waals surface area contributed by atoms with Crippen LogP contribution in [0, 0.1) is 11.3 Å². The Hall–Kier alpha value is -2.12. The predicted octanol–water partition coefficient (Wildman–Crippen LogP) is 2.01. The topological polar surface area (TPSA) is 98.7 Å². The molecule has 1 aliphatic heterocycles. The molecule has 8 heteroatoms. The number of amides is 3. The number of urea groups is 1. The highest BCUT2D eigenvalue weighted by atomic mass is 35.5. The Morgan fingerprint density at radius 3 is 2.63 bits per heavy atom. The first-order chi connectivity index (χ1) is 12.5. The minimum absolute atomic E-state index is 0. The number of nitrogens with zero attached hydrogens (tertiary/aromatic N) is 1. The quantitative estimate of drug-likeness (QED) is 0.684. The summed E-state index contributed by atoms with van der Waals surface area (Å²) in [6.45, 7) is 2.05. The largest absolute Gasteiger partial charge is 0.481 e. The van der Waals surface area contributed by atoms with Gasteiger partial charge in [0.25, 0.3) is 0 Å². The molecular formula is C19H26ClN3O4. The number of rotatable bonds is 6. The number of halogens is 1. The van der Waals surface area contributed by atoms with Gasteiger partial charge in [-0.1, -0.05) is 36.8 Å². The number of hydrogen-bond acceptors (Lipinski definition) is 4. The van der Waals surface area contributed by atoms with Gasteiger partial charge in [0.1, 0.15) is 0 Å². The standard InChI is InChI=1S/C19H25N3O4.ClH/c23-16(21-18(26)20-11-14-5-2-1-3-6-14)8-10-22-12-15-7-4-9-19(15,13-22)17(24)25;/h1-3,5-6,15H,4,7-13H2,(H,24,25)(H2,20,21,23,26);1H/t15-,19+;/m0./s1. The molecule has 27 heavy (non-hydrogen) atoms. The van der Waals surface area contributed by atoms with E-state index in [1.54, 1.807) is 0 Å². The molecule has 1 heterocycles. The number of hydrogen-bond donors (Lipinski definition) is 3. The summed E-state index contributed by atoms with van der Waals surface area (Å²) in [5.41, 5.74) is 0.321. The zero-order valence-electron chi connectivity index (χ0n) is 15.1. The van der Waals surface area contributed by atoms with Crippen LogP contribution in [0.1, 0.15) is 31.2 Å². The number of likely N-dealkylation sites (tertiary alicyclic amines) is 1. The lowest BCUT2D eigenvalue weighted by Crippen LogP contribution is -2.40. The number of carboxylic acids is 1. The van der Waals surface area contributed by atoms with Crippen LogP contribution in [0.3, 0.4) is 0 Å². The second kappa shape index (κ2) is 9.19. The molecule has 0 unspecified atom stereocenters. The van der Waals surface area contributed by atoms with E-state index in [4.69, 9.17) is 0 Å². The summed E-state index contributed by atoms with van der Waals surface area (Å²) in [7, 11) is 0. The molecule has 2 fully saturated rings. The number of fused-ring (bicyclic) bond motifs is 1. The number of carbonyl (C=O) groups is 3. The van der Waals surface area contributed by atoms with Crippen LogP contribution in [0.15, 0.2) is 30.3 Å². The molecule has 0 radical (unpaired) electrons. The molecule has 2 atom stereocenters. The molecule has 148 valence electrons. The monoisotopic (exact) mass is 395 g/mol. The van der Waals surface area contributed by atoms with Crippen LogP contribution in [0.5, 0.6) is 0 Å². The van der Waals surface area contributed by atoms with E-state index in [1.165, 1.54) is 0 Å². The van der Waals surface area contributed by atoms with Crippen LogP contribution >= 0.6 is 12.4 Å². The molecule has 0 spiro atoms. The van der Waals surface area contributed by atoms with Crippen molar-refractivity contribution in [2.75, 3.05) is 19.6 Å². The number of carbonyl (C=O) groups excluding carboxylic acids is 2. The van der Waals surface area contributed by atoms with Crippen molar-refractivity contribution >= 4 is 30.3 Å².